The number of rotatable bonds is 2. The van der Waals surface area contributed by atoms with E-state index in [1.54, 1.807) is 26.0 Å². The van der Waals surface area contributed by atoms with Gasteiger partial charge in [0.2, 0.25) is 0 Å². The van der Waals surface area contributed by atoms with E-state index in [4.69, 9.17) is 11.6 Å². The molecule has 0 bridgehead atoms. The third-order valence-electron chi connectivity index (χ3n) is 2.07. The van der Waals surface area contributed by atoms with Crippen molar-refractivity contribution < 1.29 is 14.3 Å². The maximum Gasteiger partial charge on any atom is 0.379 e. The van der Waals surface area contributed by atoms with E-state index in [0.717, 1.165) is 11.1 Å². The molecule has 0 spiro atoms. The van der Waals surface area contributed by atoms with E-state index >= 15 is 0 Å². The maximum atomic E-state index is 11.5. The van der Waals surface area contributed by atoms with Crippen LogP contribution in [0.4, 0.5) is 0 Å². The maximum absolute atomic E-state index is 11.5. The van der Waals surface area contributed by atoms with Crippen LogP contribution in [0.1, 0.15) is 21.5 Å². The Balaban J connectivity index is 3.17. The van der Waals surface area contributed by atoms with Gasteiger partial charge in [0.1, 0.15) is 0 Å². The van der Waals surface area contributed by atoms with Gasteiger partial charge in [-0.15, -0.1) is 0 Å². The third kappa shape index (κ3) is 2.36. The molecular weight excluding hydrogens is 216 g/mol. The highest BCUT2D eigenvalue weighted by atomic mass is 35.5. The summed E-state index contributed by atoms with van der Waals surface area (Å²) >= 11 is 5.94. The second kappa shape index (κ2) is 4.45. The molecule has 0 amide bonds. The van der Waals surface area contributed by atoms with Gasteiger partial charge in [-0.2, -0.15) is 0 Å². The first-order valence-electron chi connectivity index (χ1n) is 4.36. The van der Waals surface area contributed by atoms with Gasteiger partial charge in [0, 0.05) is 10.6 Å². The summed E-state index contributed by atoms with van der Waals surface area (Å²) in [5.41, 5.74) is 1.84. The number of hydrogen-bond donors (Lipinski definition) is 0. The van der Waals surface area contributed by atoms with Crippen LogP contribution >= 0.6 is 11.6 Å². The molecule has 0 saturated heterocycles. The number of carbonyl (C=O) groups excluding carboxylic acids is 2. The summed E-state index contributed by atoms with van der Waals surface area (Å²) in [6.07, 6.45) is 0. The van der Waals surface area contributed by atoms with E-state index in [2.05, 4.69) is 4.74 Å². The largest absolute Gasteiger partial charge is 0.463 e. The average Bonchev–Trinajstić information content (AvgIpc) is 2.23. The van der Waals surface area contributed by atoms with Gasteiger partial charge >= 0.3 is 5.97 Å². The SMILES string of the molecule is COC(=O)C(=O)c1cc(C)c(Cl)c(C)c1. The molecule has 1 aromatic rings. The van der Waals surface area contributed by atoms with Crippen molar-refractivity contribution in [1.82, 2.24) is 0 Å². The number of benzene rings is 1. The van der Waals surface area contributed by atoms with Gasteiger partial charge in [-0.05, 0) is 37.1 Å². The predicted octanol–water partition coefficient (Wildman–Crippen LogP) is 2.31. The number of methoxy groups -OCH3 is 1. The Morgan fingerprint density at radius 1 is 1.20 bits per heavy atom. The number of ketones is 1. The molecule has 80 valence electrons. The van der Waals surface area contributed by atoms with Gasteiger partial charge in [-0.25, -0.2) is 4.79 Å². The fourth-order valence-corrected chi connectivity index (χ4v) is 1.40. The third-order valence-corrected chi connectivity index (χ3v) is 2.67. The van der Waals surface area contributed by atoms with Gasteiger partial charge in [0.15, 0.2) is 0 Å². The minimum absolute atomic E-state index is 0.307. The molecule has 1 aromatic carbocycles. The topological polar surface area (TPSA) is 43.4 Å². The van der Waals surface area contributed by atoms with Crippen molar-refractivity contribution in [2.24, 2.45) is 0 Å². The zero-order valence-corrected chi connectivity index (χ0v) is 9.51. The van der Waals surface area contributed by atoms with Crippen molar-refractivity contribution >= 4 is 23.4 Å². The number of ether oxygens (including phenoxy) is 1. The van der Waals surface area contributed by atoms with Crippen LogP contribution in [0.25, 0.3) is 0 Å². The van der Waals surface area contributed by atoms with Crippen molar-refractivity contribution in [3.8, 4) is 0 Å². The van der Waals surface area contributed by atoms with Crippen molar-refractivity contribution in [3.05, 3.63) is 33.8 Å². The molecule has 0 radical (unpaired) electrons. The quantitative estimate of drug-likeness (QED) is 0.442. The molecule has 0 N–H and O–H groups in total. The molecule has 0 aliphatic carbocycles. The minimum Gasteiger partial charge on any atom is -0.463 e. The van der Waals surface area contributed by atoms with Crippen molar-refractivity contribution in [1.29, 1.82) is 0 Å². The monoisotopic (exact) mass is 226 g/mol. The van der Waals surface area contributed by atoms with Crippen LogP contribution in [0.15, 0.2) is 12.1 Å². The van der Waals surface area contributed by atoms with Gasteiger partial charge in [-0.1, -0.05) is 11.6 Å². The van der Waals surface area contributed by atoms with Crippen molar-refractivity contribution in [2.45, 2.75) is 13.8 Å². The Morgan fingerprint density at radius 2 is 1.67 bits per heavy atom. The van der Waals surface area contributed by atoms with Crippen LogP contribution in [0.5, 0.6) is 0 Å². The predicted molar refractivity (Wildman–Crippen MR) is 57.3 cm³/mol. The molecular formula is C11H11ClO3. The molecule has 0 aromatic heterocycles. The number of aryl methyl sites for hydroxylation is 2. The molecule has 0 unspecified atom stereocenters. The second-order valence-corrected chi connectivity index (χ2v) is 3.62. The van der Waals surface area contributed by atoms with E-state index in [-0.39, 0.29) is 0 Å². The zero-order valence-electron chi connectivity index (χ0n) is 8.76. The molecule has 0 fully saturated rings. The first-order valence-corrected chi connectivity index (χ1v) is 4.74. The van der Waals surface area contributed by atoms with E-state index in [1.807, 2.05) is 0 Å². The van der Waals surface area contributed by atoms with E-state index in [1.165, 1.54) is 7.11 Å². The molecule has 0 aliphatic heterocycles. The molecule has 0 atom stereocenters. The van der Waals surface area contributed by atoms with Gasteiger partial charge in [-0.3, -0.25) is 4.79 Å². The molecule has 0 heterocycles. The van der Waals surface area contributed by atoms with E-state index in [0.29, 0.717) is 10.6 Å². The van der Waals surface area contributed by atoms with E-state index in [9.17, 15) is 9.59 Å². The Hall–Kier alpha value is -1.35. The molecule has 4 heteroatoms. The van der Waals surface area contributed by atoms with Crippen LogP contribution in [0.2, 0.25) is 5.02 Å². The Kier molecular flexibility index (Phi) is 3.48. The van der Waals surface area contributed by atoms with Crippen molar-refractivity contribution in [3.63, 3.8) is 0 Å². The van der Waals surface area contributed by atoms with Crippen LogP contribution in [-0.4, -0.2) is 18.9 Å². The second-order valence-electron chi connectivity index (χ2n) is 3.24. The fraction of sp³-hybridized carbons (Fsp3) is 0.273. The van der Waals surface area contributed by atoms with Gasteiger partial charge in [0.05, 0.1) is 7.11 Å². The first-order chi connectivity index (χ1) is 6.97. The van der Waals surface area contributed by atoms with E-state index < -0.39 is 11.8 Å². The smallest absolute Gasteiger partial charge is 0.379 e. The highest BCUT2D eigenvalue weighted by Crippen LogP contribution is 2.22. The minimum atomic E-state index is -0.865. The lowest BCUT2D eigenvalue weighted by atomic mass is 10.0. The zero-order chi connectivity index (χ0) is 11.6. The van der Waals surface area contributed by atoms with Crippen LogP contribution < -0.4 is 0 Å². The van der Waals surface area contributed by atoms with Gasteiger partial charge < -0.3 is 4.74 Å². The summed E-state index contributed by atoms with van der Waals surface area (Å²) in [5.74, 6) is -1.52. The highest BCUT2D eigenvalue weighted by Gasteiger charge is 2.17. The summed E-state index contributed by atoms with van der Waals surface area (Å²) in [6.45, 7) is 3.56. The number of hydrogen-bond acceptors (Lipinski definition) is 3. The first kappa shape index (κ1) is 11.7. The summed E-state index contributed by atoms with van der Waals surface area (Å²) in [4.78, 5) is 22.5. The number of esters is 1. The lowest BCUT2D eigenvalue weighted by Gasteiger charge is -2.05. The molecule has 15 heavy (non-hydrogen) atoms. The lowest BCUT2D eigenvalue weighted by Crippen LogP contribution is -2.16. The summed E-state index contributed by atoms with van der Waals surface area (Å²) in [5, 5.41) is 0.608. The lowest BCUT2D eigenvalue weighted by molar-refractivity contribution is -0.135. The van der Waals surface area contributed by atoms with Crippen LogP contribution in [-0.2, 0) is 9.53 Å². The Labute approximate surface area is 93.0 Å². The molecule has 1 rings (SSSR count). The van der Waals surface area contributed by atoms with Gasteiger partial charge in [0.25, 0.3) is 5.78 Å². The Bertz CT molecular complexity index is 401. The Morgan fingerprint density at radius 3 is 2.07 bits per heavy atom. The summed E-state index contributed by atoms with van der Waals surface area (Å²) < 4.78 is 4.35. The highest BCUT2D eigenvalue weighted by molar-refractivity contribution is 6.41. The fourth-order valence-electron chi connectivity index (χ4n) is 1.29. The average molecular weight is 227 g/mol. The molecule has 0 saturated carbocycles. The van der Waals surface area contributed by atoms with Crippen molar-refractivity contribution in [2.75, 3.05) is 7.11 Å². The molecule has 3 nitrogen and oxygen atoms in total. The standard InChI is InChI=1S/C11H11ClO3/c1-6-4-8(5-7(2)9(6)12)10(13)11(14)15-3/h4-5H,1-3H3. The van der Waals surface area contributed by atoms with Crippen LogP contribution in [0.3, 0.4) is 0 Å². The number of halogens is 1. The summed E-state index contributed by atoms with van der Waals surface area (Å²) in [7, 11) is 1.18. The number of Topliss-reactive ketones (excluding diaryl/α,β-unsaturated/α-hetero) is 1. The number of carbonyl (C=O) groups is 2. The summed E-state index contributed by atoms with van der Waals surface area (Å²) in [6, 6.07) is 3.16. The normalized spacial score (nSPS) is 9.87. The van der Waals surface area contributed by atoms with Crippen LogP contribution in [0, 0.1) is 13.8 Å². The molecule has 0 aliphatic rings.